The molecule has 0 atom stereocenters. The standard InChI is InChI=1S/C26H27NO5S/c1-31-23-11-13-24(14-12-23)33(29,30)27-17-15-21(16-18-27)26(28)32-25-10-6-5-9-22(25)19-20-7-3-2-4-8-20/h2-14,21H,15-19H2,1H3. The summed E-state index contributed by atoms with van der Waals surface area (Å²) in [5, 5.41) is 0. The van der Waals surface area contributed by atoms with Crippen LogP contribution in [-0.2, 0) is 21.2 Å². The van der Waals surface area contributed by atoms with Crippen LogP contribution in [0, 0.1) is 5.92 Å². The lowest BCUT2D eigenvalue weighted by Gasteiger charge is -2.30. The van der Waals surface area contributed by atoms with E-state index in [1.165, 1.54) is 23.5 Å². The highest BCUT2D eigenvalue weighted by Gasteiger charge is 2.33. The fourth-order valence-electron chi connectivity index (χ4n) is 3.99. The molecule has 0 saturated carbocycles. The van der Waals surface area contributed by atoms with Crippen LogP contribution in [0.5, 0.6) is 11.5 Å². The number of ether oxygens (including phenoxy) is 2. The van der Waals surface area contributed by atoms with Crippen LogP contribution in [0.2, 0.25) is 0 Å². The Hall–Kier alpha value is -3.16. The second-order valence-corrected chi connectivity index (χ2v) is 9.98. The summed E-state index contributed by atoms with van der Waals surface area (Å²) < 4.78 is 38.2. The molecule has 0 N–H and O–H groups in total. The highest BCUT2D eigenvalue weighted by atomic mass is 32.2. The number of rotatable bonds is 7. The number of benzene rings is 3. The number of methoxy groups -OCH3 is 1. The fraction of sp³-hybridized carbons (Fsp3) is 0.269. The molecule has 1 aliphatic heterocycles. The SMILES string of the molecule is COc1ccc(S(=O)(=O)N2CCC(C(=O)Oc3ccccc3Cc3ccccc3)CC2)cc1. The van der Waals surface area contributed by atoms with E-state index in [9.17, 15) is 13.2 Å². The number of sulfonamides is 1. The summed E-state index contributed by atoms with van der Waals surface area (Å²) in [5.41, 5.74) is 2.08. The molecule has 3 aromatic rings. The summed E-state index contributed by atoms with van der Waals surface area (Å²) in [6, 6.07) is 23.9. The van der Waals surface area contributed by atoms with Gasteiger partial charge in [-0.1, -0.05) is 48.5 Å². The van der Waals surface area contributed by atoms with Crippen LogP contribution in [0.15, 0.2) is 83.8 Å². The van der Waals surface area contributed by atoms with Crippen LogP contribution in [-0.4, -0.2) is 38.9 Å². The largest absolute Gasteiger partial charge is 0.497 e. The third-order valence-electron chi connectivity index (χ3n) is 5.91. The molecule has 4 rings (SSSR count). The number of hydrogen-bond acceptors (Lipinski definition) is 5. The van der Waals surface area contributed by atoms with Crippen molar-refractivity contribution >= 4 is 16.0 Å². The number of para-hydroxylation sites is 1. The molecule has 0 amide bonds. The highest BCUT2D eigenvalue weighted by Crippen LogP contribution is 2.28. The van der Waals surface area contributed by atoms with Gasteiger partial charge in [0.2, 0.25) is 10.0 Å². The molecule has 33 heavy (non-hydrogen) atoms. The van der Waals surface area contributed by atoms with E-state index in [0.717, 1.165) is 11.1 Å². The van der Waals surface area contributed by atoms with Crippen molar-refractivity contribution in [2.24, 2.45) is 5.92 Å². The minimum atomic E-state index is -3.61. The van der Waals surface area contributed by atoms with E-state index in [1.807, 2.05) is 48.5 Å². The van der Waals surface area contributed by atoms with E-state index in [4.69, 9.17) is 9.47 Å². The van der Waals surface area contributed by atoms with Gasteiger partial charge in [0.1, 0.15) is 11.5 Å². The third-order valence-corrected chi connectivity index (χ3v) is 7.82. The Morgan fingerprint density at radius 1 is 0.909 bits per heavy atom. The van der Waals surface area contributed by atoms with Crippen molar-refractivity contribution in [1.29, 1.82) is 0 Å². The molecule has 172 valence electrons. The second kappa shape index (κ2) is 10.2. The predicted octanol–water partition coefficient (Wildman–Crippen LogP) is 4.29. The van der Waals surface area contributed by atoms with Crippen molar-refractivity contribution in [3.05, 3.63) is 90.0 Å². The Labute approximate surface area is 194 Å². The molecule has 1 saturated heterocycles. The molecule has 1 heterocycles. The van der Waals surface area contributed by atoms with Gasteiger partial charge in [0.25, 0.3) is 0 Å². The summed E-state index contributed by atoms with van der Waals surface area (Å²) in [5.74, 6) is 0.511. The quantitative estimate of drug-likeness (QED) is 0.384. The van der Waals surface area contributed by atoms with Crippen LogP contribution in [0.4, 0.5) is 0 Å². The minimum Gasteiger partial charge on any atom is -0.497 e. The van der Waals surface area contributed by atoms with Crippen molar-refractivity contribution < 1.29 is 22.7 Å². The Bertz CT molecular complexity index is 1180. The van der Waals surface area contributed by atoms with Crippen molar-refractivity contribution in [2.75, 3.05) is 20.2 Å². The van der Waals surface area contributed by atoms with Gasteiger partial charge in [-0.05, 0) is 54.3 Å². The number of carbonyl (C=O) groups is 1. The Morgan fingerprint density at radius 2 is 1.55 bits per heavy atom. The molecule has 7 heteroatoms. The second-order valence-electron chi connectivity index (χ2n) is 8.05. The molecule has 1 aliphatic rings. The van der Waals surface area contributed by atoms with Gasteiger partial charge in [0, 0.05) is 19.5 Å². The zero-order valence-electron chi connectivity index (χ0n) is 18.5. The van der Waals surface area contributed by atoms with Gasteiger partial charge < -0.3 is 9.47 Å². The average Bonchev–Trinajstić information content (AvgIpc) is 2.86. The van der Waals surface area contributed by atoms with Gasteiger partial charge in [-0.2, -0.15) is 4.31 Å². The summed E-state index contributed by atoms with van der Waals surface area (Å²) in [4.78, 5) is 13.1. The van der Waals surface area contributed by atoms with Crippen LogP contribution in [0.25, 0.3) is 0 Å². The van der Waals surface area contributed by atoms with Crippen molar-refractivity contribution in [2.45, 2.75) is 24.2 Å². The topological polar surface area (TPSA) is 72.9 Å². The van der Waals surface area contributed by atoms with E-state index in [0.29, 0.717) is 30.8 Å². The van der Waals surface area contributed by atoms with E-state index in [-0.39, 0.29) is 29.9 Å². The molecule has 0 bridgehead atoms. The minimum absolute atomic E-state index is 0.221. The average molecular weight is 466 g/mol. The summed E-state index contributed by atoms with van der Waals surface area (Å²) in [6.07, 6.45) is 1.52. The van der Waals surface area contributed by atoms with Gasteiger partial charge in [-0.3, -0.25) is 4.79 Å². The summed E-state index contributed by atoms with van der Waals surface area (Å²) in [6.45, 7) is 0.555. The Morgan fingerprint density at radius 3 is 2.21 bits per heavy atom. The van der Waals surface area contributed by atoms with Gasteiger partial charge in [0.15, 0.2) is 0 Å². The molecular formula is C26H27NO5S. The highest BCUT2D eigenvalue weighted by molar-refractivity contribution is 7.89. The summed E-state index contributed by atoms with van der Waals surface area (Å²) in [7, 11) is -2.08. The van der Waals surface area contributed by atoms with Gasteiger partial charge in [-0.25, -0.2) is 8.42 Å². The van der Waals surface area contributed by atoms with Crippen molar-refractivity contribution in [3.8, 4) is 11.5 Å². The van der Waals surface area contributed by atoms with Crippen molar-refractivity contribution in [3.63, 3.8) is 0 Å². The molecule has 0 unspecified atom stereocenters. The Balaban J connectivity index is 1.38. The van der Waals surface area contributed by atoms with Crippen LogP contribution in [0.3, 0.4) is 0 Å². The number of nitrogens with zero attached hydrogens (tertiary/aromatic N) is 1. The van der Waals surface area contributed by atoms with E-state index in [1.54, 1.807) is 18.2 Å². The zero-order valence-corrected chi connectivity index (χ0v) is 19.3. The summed E-state index contributed by atoms with van der Waals surface area (Å²) >= 11 is 0. The smallest absolute Gasteiger partial charge is 0.314 e. The number of esters is 1. The van der Waals surface area contributed by atoms with Crippen LogP contribution < -0.4 is 9.47 Å². The number of piperidine rings is 1. The van der Waals surface area contributed by atoms with Crippen LogP contribution >= 0.6 is 0 Å². The molecule has 1 fully saturated rings. The van der Waals surface area contributed by atoms with Crippen molar-refractivity contribution in [1.82, 2.24) is 4.31 Å². The van der Waals surface area contributed by atoms with Gasteiger partial charge in [0.05, 0.1) is 17.9 Å². The molecule has 0 aliphatic carbocycles. The van der Waals surface area contributed by atoms with E-state index in [2.05, 4.69) is 0 Å². The molecule has 0 radical (unpaired) electrons. The maximum absolute atomic E-state index is 12.9. The fourth-order valence-corrected chi connectivity index (χ4v) is 5.46. The first-order chi connectivity index (χ1) is 16.0. The normalized spacial score (nSPS) is 15.2. The first-order valence-electron chi connectivity index (χ1n) is 10.9. The Kier molecular flexibility index (Phi) is 7.11. The van der Waals surface area contributed by atoms with E-state index < -0.39 is 10.0 Å². The third kappa shape index (κ3) is 5.43. The molecule has 6 nitrogen and oxygen atoms in total. The first-order valence-corrected chi connectivity index (χ1v) is 12.4. The molecule has 3 aromatic carbocycles. The molecule has 0 aromatic heterocycles. The zero-order chi connectivity index (χ0) is 23.3. The number of carbonyl (C=O) groups excluding carboxylic acids is 1. The van der Waals surface area contributed by atoms with E-state index >= 15 is 0 Å². The predicted molar refractivity (Wildman–Crippen MR) is 126 cm³/mol. The first kappa shape index (κ1) is 23.0. The van der Waals surface area contributed by atoms with Gasteiger partial charge in [-0.15, -0.1) is 0 Å². The lowest BCUT2D eigenvalue weighted by molar-refractivity contribution is -0.140. The lowest BCUT2D eigenvalue weighted by atomic mass is 9.98. The molecule has 0 spiro atoms. The van der Waals surface area contributed by atoms with Gasteiger partial charge >= 0.3 is 5.97 Å². The maximum atomic E-state index is 12.9. The lowest BCUT2D eigenvalue weighted by Crippen LogP contribution is -2.41. The van der Waals surface area contributed by atoms with Crippen LogP contribution in [0.1, 0.15) is 24.0 Å². The maximum Gasteiger partial charge on any atom is 0.314 e. The monoisotopic (exact) mass is 465 g/mol. The molecular weight excluding hydrogens is 438 g/mol. The number of hydrogen-bond donors (Lipinski definition) is 0.